The lowest BCUT2D eigenvalue weighted by Gasteiger charge is -2.14. The number of urea groups is 1. The fourth-order valence-corrected chi connectivity index (χ4v) is 2.32. The van der Waals surface area contributed by atoms with Crippen molar-refractivity contribution in [3.63, 3.8) is 0 Å². The summed E-state index contributed by atoms with van der Waals surface area (Å²) < 4.78 is 0. The van der Waals surface area contributed by atoms with E-state index in [0.29, 0.717) is 5.69 Å². The van der Waals surface area contributed by atoms with E-state index < -0.39 is 17.8 Å². The van der Waals surface area contributed by atoms with E-state index in [9.17, 15) is 14.4 Å². The average molecular weight is 280 g/mol. The monoisotopic (exact) mass is 280 g/mol. The predicted octanol–water partition coefficient (Wildman–Crippen LogP) is 2.17. The summed E-state index contributed by atoms with van der Waals surface area (Å²) in [4.78, 5) is 35.2. The van der Waals surface area contributed by atoms with Gasteiger partial charge in [0.1, 0.15) is 0 Å². The van der Waals surface area contributed by atoms with E-state index in [1.807, 2.05) is 35.7 Å². The quantitative estimate of drug-likeness (QED) is 0.667. The van der Waals surface area contributed by atoms with E-state index in [1.165, 1.54) is 0 Å². The van der Waals surface area contributed by atoms with Crippen molar-refractivity contribution in [1.29, 1.82) is 0 Å². The predicted molar refractivity (Wildman–Crippen MR) is 78.3 cm³/mol. The van der Waals surface area contributed by atoms with Crippen LogP contribution in [0.2, 0.25) is 0 Å². The number of nitrogens with zero attached hydrogens (tertiary/aromatic N) is 1. The molecule has 0 aromatic heterocycles. The zero-order valence-electron chi connectivity index (χ0n) is 11.1. The zero-order chi connectivity index (χ0) is 15.0. The summed E-state index contributed by atoms with van der Waals surface area (Å²) >= 11 is 0. The average Bonchev–Trinajstić information content (AvgIpc) is 2.72. The molecule has 104 valence electrons. The van der Waals surface area contributed by atoms with Crippen molar-refractivity contribution >= 4 is 29.1 Å². The van der Waals surface area contributed by atoms with Gasteiger partial charge in [0, 0.05) is 0 Å². The SMILES string of the molecule is C=C1C=CC=C(c2ccc(N3C(=O)NC(=O)C3=O)cc2)C1. The van der Waals surface area contributed by atoms with Gasteiger partial charge in [-0.1, -0.05) is 42.5 Å². The lowest BCUT2D eigenvalue weighted by molar-refractivity contribution is -0.134. The molecule has 1 aromatic carbocycles. The molecule has 0 unspecified atom stereocenters. The highest BCUT2D eigenvalue weighted by atomic mass is 16.2. The Labute approximate surface area is 121 Å². The number of hydrogen-bond donors (Lipinski definition) is 1. The molecule has 0 saturated carbocycles. The molecular formula is C16H12N2O3. The van der Waals surface area contributed by atoms with Gasteiger partial charge in [-0.05, 0) is 29.7 Å². The number of allylic oxidation sites excluding steroid dienone is 5. The highest BCUT2D eigenvalue weighted by Crippen LogP contribution is 2.28. The molecule has 3 rings (SSSR count). The second-order valence-corrected chi connectivity index (χ2v) is 4.83. The maximum absolute atomic E-state index is 11.6. The van der Waals surface area contributed by atoms with Crippen molar-refractivity contribution in [2.45, 2.75) is 6.42 Å². The van der Waals surface area contributed by atoms with Gasteiger partial charge in [-0.15, -0.1) is 0 Å². The Morgan fingerprint density at radius 3 is 2.38 bits per heavy atom. The molecule has 1 aliphatic heterocycles. The van der Waals surface area contributed by atoms with Gasteiger partial charge < -0.3 is 0 Å². The molecule has 5 heteroatoms. The van der Waals surface area contributed by atoms with Crippen LogP contribution in [0.1, 0.15) is 12.0 Å². The van der Waals surface area contributed by atoms with E-state index in [2.05, 4.69) is 6.58 Å². The minimum atomic E-state index is -0.902. The van der Waals surface area contributed by atoms with Crippen molar-refractivity contribution in [3.8, 4) is 0 Å². The van der Waals surface area contributed by atoms with Crippen molar-refractivity contribution in [2.24, 2.45) is 0 Å². The molecule has 1 aliphatic carbocycles. The number of imide groups is 2. The Balaban J connectivity index is 1.88. The third-order valence-corrected chi connectivity index (χ3v) is 3.36. The second-order valence-electron chi connectivity index (χ2n) is 4.83. The summed E-state index contributed by atoms with van der Waals surface area (Å²) in [7, 11) is 0. The number of carbonyl (C=O) groups is 3. The summed E-state index contributed by atoms with van der Waals surface area (Å²) in [6, 6.07) is 6.21. The molecular weight excluding hydrogens is 268 g/mol. The molecule has 21 heavy (non-hydrogen) atoms. The van der Waals surface area contributed by atoms with Crippen LogP contribution in [-0.4, -0.2) is 17.8 Å². The van der Waals surface area contributed by atoms with Gasteiger partial charge in [-0.3, -0.25) is 14.9 Å². The maximum atomic E-state index is 11.6. The molecule has 1 heterocycles. The smallest absolute Gasteiger partial charge is 0.269 e. The van der Waals surface area contributed by atoms with Gasteiger partial charge in [-0.25, -0.2) is 9.69 Å². The number of rotatable bonds is 2. The van der Waals surface area contributed by atoms with Crippen LogP contribution in [0, 0.1) is 0 Å². The maximum Gasteiger partial charge on any atom is 0.336 e. The molecule has 0 radical (unpaired) electrons. The Kier molecular flexibility index (Phi) is 3.02. The second kappa shape index (κ2) is 4.86. The highest BCUT2D eigenvalue weighted by Gasteiger charge is 2.37. The zero-order valence-corrected chi connectivity index (χ0v) is 11.1. The first-order chi connectivity index (χ1) is 10.1. The Morgan fingerprint density at radius 1 is 1.10 bits per heavy atom. The van der Waals surface area contributed by atoms with Gasteiger partial charge in [0.15, 0.2) is 0 Å². The van der Waals surface area contributed by atoms with Crippen molar-refractivity contribution in [3.05, 3.63) is 60.2 Å². The number of nitrogens with one attached hydrogen (secondary N) is 1. The molecule has 0 spiro atoms. The van der Waals surface area contributed by atoms with E-state index in [0.717, 1.165) is 28.0 Å². The largest absolute Gasteiger partial charge is 0.336 e. The Hall–Kier alpha value is -2.95. The molecule has 4 amide bonds. The van der Waals surface area contributed by atoms with Crippen LogP contribution in [0.4, 0.5) is 10.5 Å². The fraction of sp³-hybridized carbons (Fsp3) is 0.0625. The van der Waals surface area contributed by atoms with Crippen LogP contribution < -0.4 is 10.2 Å². The third-order valence-electron chi connectivity index (χ3n) is 3.36. The van der Waals surface area contributed by atoms with E-state index in [1.54, 1.807) is 12.1 Å². The minimum Gasteiger partial charge on any atom is -0.269 e. The third kappa shape index (κ3) is 2.29. The Bertz CT molecular complexity index is 726. The van der Waals surface area contributed by atoms with Crippen molar-refractivity contribution in [2.75, 3.05) is 4.90 Å². The summed E-state index contributed by atoms with van der Waals surface area (Å²) in [5.41, 5.74) is 3.50. The number of hydrogen-bond acceptors (Lipinski definition) is 3. The summed E-state index contributed by atoms with van der Waals surface area (Å²) in [5.74, 6) is -1.76. The molecule has 0 bridgehead atoms. The molecule has 1 N–H and O–H groups in total. The number of anilines is 1. The minimum absolute atomic E-state index is 0.373. The molecule has 1 aromatic rings. The van der Waals surface area contributed by atoms with Crippen LogP contribution in [0.15, 0.2) is 54.6 Å². The lowest BCUT2D eigenvalue weighted by Crippen LogP contribution is -2.30. The van der Waals surface area contributed by atoms with Crippen molar-refractivity contribution in [1.82, 2.24) is 5.32 Å². The highest BCUT2D eigenvalue weighted by molar-refractivity contribution is 6.53. The summed E-state index contributed by atoms with van der Waals surface area (Å²) in [5, 5.41) is 1.97. The molecule has 2 aliphatic rings. The summed E-state index contributed by atoms with van der Waals surface area (Å²) in [6.07, 6.45) is 6.65. The molecule has 0 atom stereocenters. The standard InChI is InChI=1S/C16H12N2O3/c1-10-3-2-4-12(9-10)11-5-7-13(8-6-11)18-15(20)14(19)17-16(18)21/h2-8H,1,9H2,(H,17,19,21). The van der Waals surface area contributed by atoms with Crippen LogP contribution in [0.3, 0.4) is 0 Å². The van der Waals surface area contributed by atoms with Gasteiger partial charge >= 0.3 is 17.8 Å². The van der Waals surface area contributed by atoms with E-state index in [-0.39, 0.29) is 0 Å². The van der Waals surface area contributed by atoms with Crippen LogP contribution in [0.5, 0.6) is 0 Å². The van der Waals surface area contributed by atoms with E-state index >= 15 is 0 Å². The van der Waals surface area contributed by atoms with E-state index in [4.69, 9.17) is 0 Å². The first kappa shape index (κ1) is 13.1. The molecule has 1 fully saturated rings. The Morgan fingerprint density at radius 2 is 1.81 bits per heavy atom. The normalized spacial score (nSPS) is 18.1. The molecule has 1 saturated heterocycles. The van der Waals surface area contributed by atoms with Gasteiger partial charge in [-0.2, -0.15) is 0 Å². The van der Waals surface area contributed by atoms with Gasteiger partial charge in [0.2, 0.25) is 0 Å². The van der Waals surface area contributed by atoms with Gasteiger partial charge in [0.05, 0.1) is 5.69 Å². The van der Waals surface area contributed by atoms with Crippen LogP contribution in [0.25, 0.3) is 5.57 Å². The lowest BCUT2D eigenvalue weighted by atomic mass is 9.95. The molecule has 5 nitrogen and oxygen atoms in total. The number of carbonyl (C=O) groups excluding carboxylic acids is 3. The van der Waals surface area contributed by atoms with Crippen LogP contribution in [-0.2, 0) is 9.59 Å². The topological polar surface area (TPSA) is 66.5 Å². The summed E-state index contributed by atoms with van der Waals surface area (Å²) in [6.45, 7) is 3.93. The fourth-order valence-electron chi connectivity index (χ4n) is 2.32. The number of benzene rings is 1. The number of amides is 4. The first-order valence-corrected chi connectivity index (χ1v) is 6.41. The van der Waals surface area contributed by atoms with Crippen LogP contribution >= 0.6 is 0 Å². The van der Waals surface area contributed by atoms with Gasteiger partial charge in [0.25, 0.3) is 0 Å². The first-order valence-electron chi connectivity index (χ1n) is 6.41. The van der Waals surface area contributed by atoms with Crippen molar-refractivity contribution < 1.29 is 14.4 Å².